The summed E-state index contributed by atoms with van der Waals surface area (Å²) >= 11 is 0. The molecule has 0 aromatic carbocycles. The molecule has 3 aliphatic rings. The molecule has 0 amide bonds. The van der Waals surface area contributed by atoms with Gasteiger partial charge in [0.15, 0.2) is 17.0 Å². The van der Waals surface area contributed by atoms with Gasteiger partial charge < -0.3 is 9.47 Å². The number of hydrogen-bond donors (Lipinski definition) is 1. The molecule has 5 nitrogen and oxygen atoms in total. The summed E-state index contributed by atoms with van der Waals surface area (Å²) in [4.78, 5) is 17.9. The largest absolute Gasteiger partial charge is 0.348 e. The highest BCUT2D eigenvalue weighted by Crippen LogP contribution is 2.68. The maximum Gasteiger partial charge on any atom is 0.257 e. The first-order valence-corrected chi connectivity index (χ1v) is 14.2. The van der Waals surface area contributed by atoms with Crippen molar-refractivity contribution in [1.82, 2.24) is 0 Å². The molecule has 0 aromatic rings. The molecule has 34 heavy (non-hydrogen) atoms. The third-order valence-electron chi connectivity index (χ3n) is 9.05. The van der Waals surface area contributed by atoms with Gasteiger partial charge in [0.2, 0.25) is 0 Å². The van der Waals surface area contributed by atoms with Gasteiger partial charge in [-0.15, -0.1) is 0 Å². The summed E-state index contributed by atoms with van der Waals surface area (Å²) in [6.07, 6.45) is 21.2. The molecule has 3 unspecified atom stereocenters. The lowest BCUT2D eigenvalue weighted by Crippen LogP contribution is -2.65. The fourth-order valence-electron chi connectivity index (χ4n) is 6.49. The van der Waals surface area contributed by atoms with Gasteiger partial charge in [-0.1, -0.05) is 96.8 Å². The van der Waals surface area contributed by atoms with Crippen LogP contribution in [0.4, 0.5) is 0 Å². The summed E-state index contributed by atoms with van der Waals surface area (Å²) in [5, 5.41) is 10.0. The Kier molecular flexibility index (Phi) is 9.44. The summed E-state index contributed by atoms with van der Waals surface area (Å²) in [6, 6.07) is 0. The predicted molar refractivity (Wildman–Crippen MR) is 136 cm³/mol. The van der Waals surface area contributed by atoms with Crippen molar-refractivity contribution in [3.63, 3.8) is 0 Å². The van der Waals surface area contributed by atoms with Crippen LogP contribution in [0.3, 0.4) is 0 Å². The number of carbonyl (C=O) groups is 1. The van der Waals surface area contributed by atoms with Crippen molar-refractivity contribution in [2.75, 3.05) is 0 Å². The Labute approximate surface area is 207 Å². The zero-order valence-corrected chi connectivity index (χ0v) is 22.6. The van der Waals surface area contributed by atoms with Crippen LogP contribution < -0.4 is 0 Å². The zero-order valence-electron chi connectivity index (χ0n) is 22.6. The van der Waals surface area contributed by atoms with Crippen molar-refractivity contribution in [1.29, 1.82) is 0 Å². The minimum Gasteiger partial charge on any atom is -0.348 e. The van der Waals surface area contributed by atoms with Crippen molar-refractivity contribution in [2.45, 2.75) is 166 Å². The predicted octanol–water partition coefficient (Wildman–Crippen LogP) is 8.06. The molecule has 0 bridgehead atoms. The normalized spacial score (nSPS) is 34.8. The van der Waals surface area contributed by atoms with Gasteiger partial charge in [-0.25, -0.2) is 5.26 Å². The van der Waals surface area contributed by atoms with Crippen LogP contribution in [0.5, 0.6) is 0 Å². The van der Waals surface area contributed by atoms with E-state index in [1.807, 2.05) is 6.92 Å². The average molecular weight is 479 g/mol. The second kappa shape index (κ2) is 11.5. The van der Waals surface area contributed by atoms with E-state index in [2.05, 4.69) is 13.8 Å². The highest BCUT2D eigenvalue weighted by molar-refractivity contribution is 6.07. The Bertz CT molecular complexity index is 732. The molecular formula is C29H50O5. The summed E-state index contributed by atoms with van der Waals surface area (Å²) in [5.74, 6) is -1.40. The monoisotopic (exact) mass is 478 g/mol. The third-order valence-corrected chi connectivity index (χ3v) is 9.05. The lowest BCUT2D eigenvalue weighted by Gasteiger charge is -2.51. The Morgan fingerprint density at radius 2 is 1.29 bits per heavy atom. The number of ether oxygens (including phenoxy) is 2. The van der Waals surface area contributed by atoms with E-state index in [1.54, 1.807) is 13.8 Å². The van der Waals surface area contributed by atoms with Crippen LogP contribution in [0.2, 0.25) is 0 Å². The van der Waals surface area contributed by atoms with Crippen LogP contribution in [-0.2, 0) is 19.2 Å². The first-order chi connectivity index (χ1) is 16.2. The van der Waals surface area contributed by atoms with Crippen LogP contribution in [-0.4, -0.2) is 33.6 Å². The molecule has 0 saturated carbocycles. The Hall–Kier alpha value is -0.750. The summed E-state index contributed by atoms with van der Waals surface area (Å²) in [5.41, 5.74) is -1.06. The van der Waals surface area contributed by atoms with E-state index in [0.717, 1.165) is 19.3 Å². The van der Waals surface area contributed by atoms with Crippen molar-refractivity contribution in [3.05, 3.63) is 11.1 Å². The molecule has 2 heterocycles. The van der Waals surface area contributed by atoms with Crippen LogP contribution in [0.1, 0.15) is 144 Å². The average Bonchev–Trinajstić information content (AvgIpc) is 3.46. The molecule has 2 aliphatic heterocycles. The molecule has 1 N–H and O–H groups in total. The van der Waals surface area contributed by atoms with Gasteiger partial charge in [-0.2, -0.15) is 4.89 Å². The number of epoxide rings is 1. The fraction of sp³-hybridized carbons (Fsp3) is 0.897. The topological polar surface area (TPSA) is 68.3 Å². The summed E-state index contributed by atoms with van der Waals surface area (Å²) in [6.45, 7) is 9.79. The van der Waals surface area contributed by atoms with Crippen LogP contribution in [0, 0.1) is 0 Å². The van der Waals surface area contributed by atoms with Gasteiger partial charge in [0.25, 0.3) is 5.79 Å². The van der Waals surface area contributed by atoms with Gasteiger partial charge >= 0.3 is 0 Å². The van der Waals surface area contributed by atoms with Crippen molar-refractivity contribution < 1.29 is 24.4 Å². The van der Waals surface area contributed by atoms with E-state index >= 15 is 0 Å². The molecule has 4 atom stereocenters. The van der Waals surface area contributed by atoms with E-state index in [4.69, 9.17) is 14.4 Å². The zero-order chi connectivity index (χ0) is 24.9. The van der Waals surface area contributed by atoms with Crippen molar-refractivity contribution >= 4 is 5.78 Å². The smallest absolute Gasteiger partial charge is 0.257 e. The standard InChI is InChI=1S/C29H50O5/c1-6-7-8-9-10-11-12-13-14-15-16-17-18-19-20-26(4)21-22-28-27(5,33-28)25(30)23(2)24(3)29(28,32-26)34-31/h31H,6-22H2,1-5H3/t26-,27?,28?,29?/m1/s1. The molecule has 0 radical (unpaired) electrons. The van der Waals surface area contributed by atoms with Crippen molar-refractivity contribution in [3.8, 4) is 0 Å². The quantitative estimate of drug-likeness (QED) is 0.105. The highest BCUT2D eigenvalue weighted by Gasteiger charge is 2.86. The summed E-state index contributed by atoms with van der Waals surface area (Å²) in [7, 11) is 0. The molecule has 1 aliphatic carbocycles. The lowest BCUT2D eigenvalue weighted by atomic mass is 9.67. The third kappa shape index (κ3) is 5.19. The van der Waals surface area contributed by atoms with Crippen LogP contribution >= 0.6 is 0 Å². The Balaban J connectivity index is 1.34. The maximum absolute atomic E-state index is 12.8. The number of carbonyl (C=O) groups excluding carboxylic acids is 1. The van der Waals surface area contributed by atoms with E-state index in [9.17, 15) is 10.1 Å². The highest BCUT2D eigenvalue weighted by atomic mass is 17.2. The van der Waals surface area contributed by atoms with E-state index in [0.29, 0.717) is 17.6 Å². The number of hydrogen-bond acceptors (Lipinski definition) is 5. The lowest BCUT2D eigenvalue weighted by molar-refractivity contribution is -0.438. The number of unbranched alkanes of at least 4 members (excludes halogenated alkanes) is 13. The van der Waals surface area contributed by atoms with Gasteiger partial charge in [-0.3, -0.25) is 4.79 Å². The van der Waals surface area contributed by atoms with E-state index in [1.165, 1.54) is 83.5 Å². The second-order valence-electron chi connectivity index (χ2n) is 11.6. The van der Waals surface area contributed by atoms with Crippen LogP contribution in [0.15, 0.2) is 11.1 Å². The molecule has 2 fully saturated rings. The molecule has 0 aromatic heterocycles. The number of Topliss-reactive ketones (excluding diaryl/α,β-unsaturated/α-hetero) is 1. The molecule has 3 rings (SSSR count). The minimum absolute atomic E-state index is 0.0168. The molecule has 5 heteroatoms. The van der Waals surface area contributed by atoms with Gasteiger partial charge in [0, 0.05) is 0 Å². The number of rotatable bonds is 16. The number of ketones is 1. The van der Waals surface area contributed by atoms with Gasteiger partial charge in [0.1, 0.15) is 0 Å². The Morgan fingerprint density at radius 1 is 0.794 bits per heavy atom. The molecule has 1 spiro atoms. The SMILES string of the molecule is CCCCCCCCCCCCCCCC[C@]1(C)CCC23OC2(C)C(=O)C(C)=C(C)C3(OO)O1. The van der Waals surface area contributed by atoms with Gasteiger partial charge in [-0.05, 0) is 58.1 Å². The molecular weight excluding hydrogens is 428 g/mol. The molecule has 196 valence electrons. The molecule has 2 saturated heterocycles. The van der Waals surface area contributed by atoms with E-state index in [-0.39, 0.29) is 5.78 Å². The first kappa shape index (κ1) is 27.8. The maximum atomic E-state index is 12.8. The fourth-order valence-corrected chi connectivity index (χ4v) is 6.49. The second-order valence-corrected chi connectivity index (χ2v) is 11.6. The Morgan fingerprint density at radius 3 is 1.79 bits per heavy atom. The summed E-state index contributed by atoms with van der Waals surface area (Å²) < 4.78 is 12.6. The first-order valence-electron chi connectivity index (χ1n) is 14.2. The van der Waals surface area contributed by atoms with E-state index < -0.39 is 22.6 Å². The minimum atomic E-state index is -1.39. The van der Waals surface area contributed by atoms with Crippen molar-refractivity contribution in [2.24, 2.45) is 0 Å². The van der Waals surface area contributed by atoms with Crippen LogP contribution in [0.25, 0.3) is 0 Å². The van der Waals surface area contributed by atoms with Gasteiger partial charge in [0.05, 0.1) is 5.60 Å².